The van der Waals surface area contributed by atoms with Crippen molar-refractivity contribution in [2.24, 2.45) is 0 Å². The predicted molar refractivity (Wildman–Crippen MR) is 114 cm³/mol. The van der Waals surface area contributed by atoms with E-state index in [9.17, 15) is 14.4 Å². The number of hydrogen-bond acceptors (Lipinski definition) is 4. The average Bonchev–Trinajstić information content (AvgIpc) is 2.90. The van der Waals surface area contributed by atoms with Crippen molar-refractivity contribution < 1.29 is 14.4 Å². The normalized spacial score (nSPS) is 13.7. The van der Waals surface area contributed by atoms with Crippen LogP contribution in [0, 0.1) is 6.92 Å². The number of halogens is 1. The summed E-state index contributed by atoms with van der Waals surface area (Å²) in [6.07, 6.45) is 1.50. The number of anilines is 2. The minimum atomic E-state index is -0.437. The van der Waals surface area contributed by atoms with Crippen LogP contribution in [0.3, 0.4) is 0 Å². The molecule has 3 rings (SSSR count). The van der Waals surface area contributed by atoms with Gasteiger partial charge in [0, 0.05) is 29.9 Å². The van der Waals surface area contributed by atoms with Crippen molar-refractivity contribution in [1.29, 1.82) is 0 Å². The molecular formula is C22H20ClN3O3. The molecular weight excluding hydrogens is 390 g/mol. The number of benzene rings is 2. The number of aryl methyl sites for hydroxylation is 1. The van der Waals surface area contributed by atoms with E-state index in [0.29, 0.717) is 22.0 Å². The van der Waals surface area contributed by atoms with Crippen molar-refractivity contribution in [1.82, 2.24) is 4.90 Å². The Balaban J connectivity index is 2.04. The minimum absolute atomic E-state index is 0.102. The second-order valence-electron chi connectivity index (χ2n) is 6.61. The molecule has 2 aromatic carbocycles. The summed E-state index contributed by atoms with van der Waals surface area (Å²) in [5.74, 6) is -1.05. The van der Waals surface area contributed by atoms with Gasteiger partial charge in [0.15, 0.2) is 0 Å². The van der Waals surface area contributed by atoms with Crippen LogP contribution in [0.5, 0.6) is 0 Å². The zero-order valence-corrected chi connectivity index (χ0v) is 16.8. The van der Waals surface area contributed by atoms with Crippen LogP contribution in [0.4, 0.5) is 11.4 Å². The van der Waals surface area contributed by atoms with Crippen LogP contribution < -0.4 is 10.6 Å². The lowest BCUT2D eigenvalue weighted by molar-refractivity contribution is -0.136. The maximum Gasteiger partial charge on any atom is 0.278 e. The Morgan fingerprint density at radius 2 is 1.76 bits per heavy atom. The molecule has 0 fully saturated rings. The van der Waals surface area contributed by atoms with Crippen LogP contribution in [0.15, 0.2) is 60.8 Å². The van der Waals surface area contributed by atoms with E-state index in [1.54, 1.807) is 36.4 Å². The third-order valence-corrected chi connectivity index (χ3v) is 4.82. The van der Waals surface area contributed by atoms with Gasteiger partial charge in [0.2, 0.25) is 5.91 Å². The monoisotopic (exact) mass is 409 g/mol. The van der Waals surface area contributed by atoms with Crippen LogP contribution in [0.25, 0.3) is 5.57 Å². The van der Waals surface area contributed by atoms with Gasteiger partial charge in [-0.15, -0.1) is 6.58 Å². The van der Waals surface area contributed by atoms with Crippen LogP contribution in [-0.4, -0.2) is 29.2 Å². The molecule has 0 saturated heterocycles. The van der Waals surface area contributed by atoms with Crippen LogP contribution >= 0.6 is 11.6 Å². The van der Waals surface area contributed by atoms with Gasteiger partial charge in [-0.3, -0.25) is 19.3 Å². The molecule has 0 spiro atoms. The van der Waals surface area contributed by atoms with E-state index < -0.39 is 11.8 Å². The first-order valence-electron chi connectivity index (χ1n) is 8.94. The van der Waals surface area contributed by atoms with Crippen molar-refractivity contribution in [2.45, 2.75) is 13.8 Å². The first kappa shape index (κ1) is 20.4. The summed E-state index contributed by atoms with van der Waals surface area (Å²) in [7, 11) is 0. The molecule has 0 aliphatic carbocycles. The van der Waals surface area contributed by atoms with E-state index in [1.807, 2.05) is 13.0 Å². The highest BCUT2D eigenvalue weighted by Gasteiger charge is 2.38. The Bertz CT molecular complexity index is 1040. The Kier molecular flexibility index (Phi) is 5.84. The van der Waals surface area contributed by atoms with Gasteiger partial charge in [-0.05, 0) is 42.3 Å². The molecule has 6 nitrogen and oxygen atoms in total. The van der Waals surface area contributed by atoms with Gasteiger partial charge in [0.25, 0.3) is 11.8 Å². The maximum absolute atomic E-state index is 13.0. The highest BCUT2D eigenvalue weighted by molar-refractivity contribution is 6.36. The average molecular weight is 410 g/mol. The van der Waals surface area contributed by atoms with E-state index >= 15 is 0 Å². The summed E-state index contributed by atoms with van der Waals surface area (Å²) in [5.41, 5.74) is 3.09. The minimum Gasteiger partial charge on any atom is -0.350 e. The van der Waals surface area contributed by atoms with Gasteiger partial charge in [0.1, 0.15) is 5.70 Å². The predicted octanol–water partition coefficient (Wildman–Crippen LogP) is 3.98. The van der Waals surface area contributed by atoms with Gasteiger partial charge in [-0.25, -0.2) is 0 Å². The van der Waals surface area contributed by atoms with E-state index in [0.717, 1.165) is 10.5 Å². The Labute approximate surface area is 173 Å². The molecule has 3 amide bonds. The second-order valence-corrected chi connectivity index (χ2v) is 7.01. The SMILES string of the molecule is C=CCN1C(=O)C(Nc2ccc(C)c(Cl)c2)=C(c2ccc(NC(C)=O)cc2)C1=O. The molecule has 1 aliphatic rings. The van der Waals surface area contributed by atoms with Crippen LogP contribution in [0.2, 0.25) is 5.02 Å². The van der Waals surface area contributed by atoms with Crippen molar-refractivity contribution in [2.75, 3.05) is 17.2 Å². The molecule has 7 heteroatoms. The van der Waals surface area contributed by atoms with Gasteiger partial charge in [0.05, 0.1) is 5.57 Å². The third kappa shape index (κ3) is 4.22. The summed E-state index contributed by atoms with van der Waals surface area (Å²) >= 11 is 6.19. The molecule has 1 heterocycles. The smallest absolute Gasteiger partial charge is 0.278 e. The molecule has 148 valence electrons. The molecule has 0 aromatic heterocycles. The molecule has 29 heavy (non-hydrogen) atoms. The fraction of sp³-hybridized carbons (Fsp3) is 0.136. The third-order valence-electron chi connectivity index (χ3n) is 4.41. The number of carbonyl (C=O) groups excluding carboxylic acids is 3. The lowest BCUT2D eigenvalue weighted by atomic mass is 10.0. The molecule has 0 unspecified atom stereocenters. The zero-order chi connectivity index (χ0) is 21.1. The lowest BCUT2D eigenvalue weighted by Gasteiger charge is -2.12. The first-order chi connectivity index (χ1) is 13.8. The van der Waals surface area contributed by atoms with Crippen LogP contribution in [0.1, 0.15) is 18.1 Å². The number of hydrogen-bond donors (Lipinski definition) is 2. The number of imide groups is 1. The van der Waals surface area contributed by atoms with E-state index in [2.05, 4.69) is 17.2 Å². The standard InChI is InChI=1S/C22H20ClN3O3/c1-4-11-26-21(28)19(15-6-9-16(10-7-15)24-14(3)27)20(22(26)29)25-17-8-5-13(2)18(23)12-17/h4-10,12,25H,1,11H2,2-3H3,(H,24,27). The fourth-order valence-electron chi connectivity index (χ4n) is 2.99. The maximum atomic E-state index is 13.0. The topological polar surface area (TPSA) is 78.5 Å². The summed E-state index contributed by atoms with van der Waals surface area (Å²) in [5, 5.41) is 6.28. The molecule has 0 bridgehead atoms. The largest absolute Gasteiger partial charge is 0.350 e. The first-order valence-corrected chi connectivity index (χ1v) is 9.32. The van der Waals surface area contributed by atoms with Gasteiger partial charge in [-0.1, -0.05) is 35.9 Å². The number of amides is 3. The van der Waals surface area contributed by atoms with Crippen molar-refractivity contribution in [3.8, 4) is 0 Å². The summed E-state index contributed by atoms with van der Waals surface area (Å²) < 4.78 is 0. The van der Waals surface area contributed by atoms with Gasteiger partial charge in [-0.2, -0.15) is 0 Å². The number of nitrogens with one attached hydrogen (secondary N) is 2. The summed E-state index contributed by atoms with van der Waals surface area (Å²) in [6, 6.07) is 12.1. The molecule has 0 atom stereocenters. The zero-order valence-electron chi connectivity index (χ0n) is 16.1. The number of rotatable bonds is 6. The van der Waals surface area contributed by atoms with Crippen molar-refractivity contribution in [3.63, 3.8) is 0 Å². The van der Waals surface area contributed by atoms with E-state index in [1.165, 1.54) is 13.0 Å². The molecule has 0 radical (unpaired) electrons. The molecule has 2 N–H and O–H groups in total. The van der Waals surface area contributed by atoms with Crippen molar-refractivity contribution in [3.05, 3.63) is 77.0 Å². The van der Waals surface area contributed by atoms with Gasteiger partial charge >= 0.3 is 0 Å². The highest BCUT2D eigenvalue weighted by atomic mass is 35.5. The highest BCUT2D eigenvalue weighted by Crippen LogP contribution is 2.32. The fourth-order valence-corrected chi connectivity index (χ4v) is 3.17. The Hall–Kier alpha value is -3.38. The van der Waals surface area contributed by atoms with E-state index in [-0.39, 0.29) is 23.7 Å². The molecule has 2 aromatic rings. The Morgan fingerprint density at radius 1 is 1.10 bits per heavy atom. The number of carbonyl (C=O) groups is 3. The van der Waals surface area contributed by atoms with Crippen molar-refractivity contribution >= 4 is 46.3 Å². The summed E-state index contributed by atoms with van der Waals surface area (Å²) in [4.78, 5) is 38.2. The van der Waals surface area contributed by atoms with E-state index in [4.69, 9.17) is 11.6 Å². The quantitative estimate of drug-likeness (QED) is 0.558. The summed E-state index contributed by atoms with van der Waals surface area (Å²) in [6.45, 7) is 7.01. The van der Waals surface area contributed by atoms with Crippen LogP contribution in [-0.2, 0) is 14.4 Å². The number of nitrogens with zero attached hydrogens (tertiary/aromatic N) is 1. The molecule has 0 saturated carbocycles. The van der Waals surface area contributed by atoms with Gasteiger partial charge < -0.3 is 10.6 Å². The lowest BCUT2D eigenvalue weighted by Crippen LogP contribution is -2.32. The molecule has 1 aliphatic heterocycles. The Morgan fingerprint density at radius 3 is 2.34 bits per heavy atom. The second kappa shape index (κ2) is 8.32.